The zero-order valence-electron chi connectivity index (χ0n) is 35.5. The minimum Gasteiger partial charge on any atom is -0.506 e. The number of rotatable bonds is 17. The maximum Gasteiger partial charge on any atom is 0.347 e. The number of piperazine rings is 1. The van der Waals surface area contributed by atoms with E-state index in [1.54, 1.807) is 56.6 Å². The Hall–Kier alpha value is -6.39. The number of carbonyl (C=O) groups is 1. The van der Waals surface area contributed by atoms with Gasteiger partial charge in [0.2, 0.25) is 12.0 Å². The number of thiophene rings is 1. The van der Waals surface area contributed by atoms with Gasteiger partial charge in [0.15, 0.2) is 5.82 Å². The molecule has 4 aromatic carbocycles. The van der Waals surface area contributed by atoms with Gasteiger partial charge in [-0.25, -0.2) is 29.1 Å². The molecule has 0 radical (unpaired) electrons. The van der Waals surface area contributed by atoms with E-state index in [1.807, 2.05) is 42.5 Å². The van der Waals surface area contributed by atoms with Crippen LogP contribution in [0.2, 0.25) is 5.02 Å². The van der Waals surface area contributed by atoms with Gasteiger partial charge in [-0.05, 0) is 73.6 Å². The molecule has 1 fully saturated rings. The zero-order chi connectivity index (χ0) is 44.6. The van der Waals surface area contributed by atoms with Crippen molar-refractivity contribution in [3.8, 4) is 61.8 Å². The van der Waals surface area contributed by atoms with Crippen LogP contribution in [0.1, 0.15) is 18.2 Å². The number of likely N-dealkylation sites (N-methyl/N-ethyl adjacent to an activating group) is 1. The molecule has 13 nitrogen and oxygen atoms in total. The Bertz CT molecular complexity index is 2730. The number of esters is 1. The van der Waals surface area contributed by atoms with E-state index in [4.69, 9.17) is 40.3 Å². The maximum atomic E-state index is 14.2. The van der Waals surface area contributed by atoms with Gasteiger partial charge in [-0.15, -0.1) is 11.3 Å². The minimum absolute atomic E-state index is 0.0265. The van der Waals surface area contributed by atoms with E-state index in [1.165, 1.54) is 29.8 Å². The number of halogens is 2. The van der Waals surface area contributed by atoms with Crippen LogP contribution in [0.5, 0.6) is 28.9 Å². The molecule has 1 saturated heterocycles. The van der Waals surface area contributed by atoms with Crippen molar-refractivity contribution in [2.75, 3.05) is 60.1 Å². The first-order valence-electron chi connectivity index (χ1n) is 20.8. The van der Waals surface area contributed by atoms with Crippen molar-refractivity contribution < 1.29 is 38.0 Å². The molecular weight excluding hydrogens is 859 g/mol. The largest absolute Gasteiger partial charge is 0.506 e. The summed E-state index contributed by atoms with van der Waals surface area (Å²) in [4.78, 5) is 37.8. The summed E-state index contributed by atoms with van der Waals surface area (Å²) in [6.45, 7) is 6.86. The number of fused-ring (bicyclic) bond motifs is 1. The summed E-state index contributed by atoms with van der Waals surface area (Å²) >= 11 is 8.15. The number of ether oxygens (including phenoxy) is 5. The topological polar surface area (TPSA) is 141 Å². The normalized spacial score (nSPS) is 13.7. The Kier molecular flexibility index (Phi) is 14.1. The first-order chi connectivity index (χ1) is 31.2. The van der Waals surface area contributed by atoms with Gasteiger partial charge in [0.1, 0.15) is 58.2 Å². The molecule has 1 atom stereocenters. The molecule has 64 heavy (non-hydrogen) atoms. The molecule has 7 aromatic rings. The van der Waals surface area contributed by atoms with E-state index in [-0.39, 0.29) is 36.3 Å². The number of aromatic nitrogens is 4. The molecule has 0 spiro atoms. The van der Waals surface area contributed by atoms with Gasteiger partial charge < -0.3 is 33.7 Å². The predicted octanol–water partition coefficient (Wildman–Crippen LogP) is 8.75. The van der Waals surface area contributed by atoms with E-state index < -0.39 is 17.9 Å². The lowest BCUT2D eigenvalue weighted by molar-refractivity contribution is -0.151. The highest BCUT2D eigenvalue weighted by Gasteiger charge is 2.30. The fraction of sp³-hybridized carbons (Fsp3) is 0.271. The second-order valence-electron chi connectivity index (χ2n) is 15.0. The maximum absolute atomic E-state index is 14.2. The number of phenolic OH excluding ortho intramolecular Hbond substituents is 1. The fourth-order valence-electron chi connectivity index (χ4n) is 7.42. The van der Waals surface area contributed by atoms with Gasteiger partial charge >= 0.3 is 5.97 Å². The molecular formula is C48H46ClFN6O7S. The predicted molar refractivity (Wildman–Crippen MR) is 244 cm³/mol. The third-order valence-electron chi connectivity index (χ3n) is 10.8. The average Bonchev–Trinajstić information content (AvgIpc) is 3.71. The number of nitrogens with zero attached hydrogens (tertiary/aromatic N) is 6. The molecule has 0 amide bonds. The number of carbonyl (C=O) groups excluding carboxylic acids is 1. The first-order valence-corrected chi connectivity index (χ1v) is 22.0. The van der Waals surface area contributed by atoms with E-state index >= 15 is 0 Å². The standard InChI is InChI=1S/C48H46ClFN6O7S/c1-4-60-48(58)39(27-31-9-5-7-11-36(31)62-28-33-19-20-51-45(54-33)34-10-6-8-12-37(34)59-3)63-46-41-40(44(64-47(41)53-29-52-46)30-13-15-32(50)16-14-30)35-17-18-38(42(49)43(35)57)61-26-25-56-23-21-55(2)22-24-56/h5-20,29,39,57H,4,21-28H2,1-3H3/t39-/m1/s1. The second-order valence-corrected chi connectivity index (χ2v) is 16.3. The molecule has 1 aliphatic rings. The van der Waals surface area contributed by atoms with Crippen molar-refractivity contribution in [1.82, 2.24) is 29.7 Å². The second kappa shape index (κ2) is 20.4. The molecule has 0 aliphatic carbocycles. The van der Waals surface area contributed by atoms with Crippen molar-refractivity contribution in [3.63, 3.8) is 0 Å². The number of aromatic hydroxyl groups is 1. The van der Waals surface area contributed by atoms with E-state index in [9.17, 15) is 14.3 Å². The van der Waals surface area contributed by atoms with Gasteiger partial charge in [-0.3, -0.25) is 4.90 Å². The van der Waals surface area contributed by atoms with Crippen LogP contribution in [0, 0.1) is 5.82 Å². The quantitative estimate of drug-likeness (QED) is 0.0872. The van der Waals surface area contributed by atoms with Crippen LogP contribution in [0.3, 0.4) is 0 Å². The van der Waals surface area contributed by atoms with E-state index in [0.717, 1.165) is 31.7 Å². The third kappa shape index (κ3) is 10.0. The van der Waals surface area contributed by atoms with Gasteiger partial charge in [-0.1, -0.05) is 54.1 Å². The highest BCUT2D eigenvalue weighted by Crippen LogP contribution is 2.52. The van der Waals surface area contributed by atoms with Crippen LogP contribution in [-0.4, -0.2) is 107 Å². The minimum atomic E-state index is -1.20. The Morgan fingerprint density at radius 2 is 1.66 bits per heavy atom. The highest BCUT2D eigenvalue weighted by molar-refractivity contribution is 7.22. The Balaban J connectivity index is 1.10. The molecule has 4 heterocycles. The average molecular weight is 905 g/mol. The van der Waals surface area contributed by atoms with Crippen molar-refractivity contribution in [3.05, 3.63) is 126 Å². The van der Waals surface area contributed by atoms with Crippen molar-refractivity contribution in [2.24, 2.45) is 0 Å². The summed E-state index contributed by atoms with van der Waals surface area (Å²) in [5, 5.41) is 12.3. The lowest BCUT2D eigenvalue weighted by Gasteiger charge is -2.32. The van der Waals surface area contributed by atoms with Gasteiger partial charge in [0, 0.05) is 61.3 Å². The van der Waals surface area contributed by atoms with Crippen LogP contribution in [0.15, 0.2) is 104 Å². The van der Waals surface area contributed by atoms with Crippen LogP contribution < -0.4 is 18.9 Å². The Labute approximate surface area is 379 Å². The van der Waals surface area contributed by atoms with Gasteiger partial charge in [0.05, 0.1) is 30.4 Å². The van der Waals surface area contributed by atoms with Crippen LogP contribution in [-0.2, 0) is 22.6 Å². The Morgan fingerprint density at radius 3 is 2.44 bits per heavy atom. The summed E-state index contributed by atoms with van der Waals surface area (Å²) in [7, 11) is 3.70. The molecule has 3 aromatic heterocycles. The van der Waals surface area contributed by atoms with Crippen LogP contribution in [0.4, 0.5) is 4.39 Å². The van der Waals surface area contributed by atoms with Crippen molar-refractivity contribution >= 4 is 39.1 Å². The number of hydrogen-bond donors (Lipinski definition) is 1. The number of para-hydroxylation sites is 2. The van der Waals surface area contributed by atoms with Crippen molar-refractivity contribution in [2.45, 2.75) is 26.1 Å². The molecule has 16 heteroatoms. The zero-order valence-corrected chi connectivity index (χ0v) is 37.1. The number of phenols is 1. The smallest absolute Gasteiger partial charge is 0.347 e. The lowest BCUT2D eigenvalue weighted by atomic mass is 9.98. The molecule has 0 saturated carbocycles. The summed E-state index contributed by atoms with van der Waals surface area (Å²) in [5.74, 6) is 0.770. The SMILES string of the molecule is CCOC(=O)[C@@H](Cc1ccccc1OCc1ccnc(-c2ccccc2OC)n1)Oc1ncnc2sc(-c3ccc(F)cc3)c(-c3ccc(OCCN4CCN(C)CC4)c(Cl)c3O)c12. The molecule has 8 rings (SSSR count). The monoisotopic (exact) mass is 904 g/mol. The number of methoxy groups -OCH3 is 1. The summed E-state index contributed by atoms with van der Waals surface area (Å²) in [6.07, 6.45) is 1.85. The first kappa shape index (κ1) is 44.2. The van der Waals surface area contributed by atoms with E-state index in [2.05, 4.69) is 31.8 Å². The molecule has 330 valence electrons. The van der Waals surface area contributed by atoms with Gasteiger partial charge in [-0.2, -0.15) is 0 Å². The summed E-state index contributed by atoms with van der Waals surface area (Å²) < 4.78 is 44.3. The summed E-state index contributed by atoms with van der Waals surface area (Å²) in [5.41, 5.74) is 3.51. The summed E-state index contributed by atoms with van der Waals surface area (Å²) in [6, 6.07) is 26.0. The number of benzene rings is 4. The van der Waals surface area contributed by atoms with Crippen molar-refractivity contribution in [1.29, 1.82) is 0 Å². The number of hydrogen-bond acceptors (Lipinski definition) is 14. The molecule has 0 unspecified atom stereocenters. The molecule has 1 N–H and O–H groups in total. The lowest BCUT2D eigenvalue weighted by Crippen LogP contribution is -2.45. The molecule has 0 bridgehead atoms. The van der Waals surface area contributed by atoms with Crippen LogP contribution in [0.25, 0.3) is 43.2 Å². The molecule has 1 aliphatic heterocycles. The Morgan fingerprint density at radius 1 is 0.891 bits per heavy atom. The van der Waals surface area contributed by atoms with Gasteiger partial charge in [0.25, 0.3) is 0 Å². The van der Waals surface area contributed by atoms with E-state index in [0.29, 0.717) is 79.3 Å². The third-order valence-corrected chi connectivity index (χ3v) is 12.3. The fourth-order valence-corrected chi connectivity index (χ4v) is 8.79. The highest BCUT2D eigenvalue weighted by atomic mass is 35.5. The van der Waals surface area contributed by atoms with Crippen LogP contribution >= 0.6 is 22.9 Å².